The Balaban J connectivity index is 1.88. The van der Waals surface area contributed by atoms with Crippen LogP contribution in [0.2, 0.25) is 0 Å². The first kappa shape index (κ1) is 13.8. The summed E-state index contributed by atoms with van der Waals surface area (Å²) < 4.78 is 4.35. The Kier molecular flexibility index (Phi) is 3.91. The third kappa shape index (κ3) is 2.53. The molecule has 0 aliphatic carbocycles. The zero-order valence-corrected chi connectivity index (χ0v) is 13.4. The number of rotatable bonds is 3. The Morgan fingerprint density at radius 2 is 2.05 bits per heavy atom. The first-order valence-electron chi connectivity index (χ1n) is 6.84. The van der Waals surface area contributed by atoms with Gasteiger partial charge in [0.25, 0.3) is 0 Å². The molecule has 0 saturated carbocycles. The van der Waals surface area contributed by atoms with E-state index >= 15 is 0 Å². The molecule has 0 radical (unpaired) electrons. The third-order valence-corrected chi connectivity index (χ3v) is 5.38. The van der Waals surface area contributed by atoms with Crippen molar-refractivity contribution in [2.24, 2.45) is 0 Å². The van der Waals surface area contributed by atoms with Crippen molar-refractivity contribution in [3.63, 3.8) is 0 Å². The van der Waals surface area contributed by atoms with Gasteiger partial charge in [0, 0.05) is 31.6 Å². The van der Waals surface area contributed by atoms with Crippen LogP contribution in [0.25, 0.3) is 11.3 Å². The van der Waals surface area contributed by atoms with Crippen LogP contribution in [0.4, 0.5) is 10.8 Å². The molecule has 1 fully saturated rings. The van der Waals surface area contributed by atoms with Gasteiger partial charge in [0.2, 0.25) is 0 Å². The number of hydrogen-bond acceptors (Lipinski definition) is 7. The first-order valence-corrected chi connectivity index (χ1v) is 8.49. The Morgan fingerprint density at radius 1 is 1.30 bits per heavy atom. The summed E-state index contributed by atoms with van der Waals surface area (Å²) >= 11 is 3.15. The van der Waals surface area contributed by atoms with Crippen LogP contribution >= 0.6 is 22.9 Å². The Morgan fingerprint density at radius 3 is 2.65 bits per heavy atom. The van der Waals surface area contributed by atoms with E-state index in [1.165, 1.54) is 16.5 Å². The Bertz CT molecular complexity index is 583. The summed E-state index contributed by atoms with van der Waals surface area (Å²) in [7, 11) is 0. The van der Waals surface area contributed by atoms with Crippen molar-refractivity contribution < 1.29 is 0 Å². The highest BCUT2D eigenvalue weighted by atomic mass is 32.1. The number of thiazole rings is 1. The number of nitrogens with two attached hydrogens (primary N) is 1. The van der Waals surface area contributed by atoms with Gasteiger partial charge >= 0.3 is 0 Å². The lowest BCUT2D eigenvalue weighted by Crippen LogP contribution is -2.46. The van der Waals surface area contributed by atoms with E-state index < -0.39 is 0 Å². The fraction of sp³-hybridized carbons (Fsp3) is 0.538. The number of aromatic nitrogens is 2. The number of hydrogen-bond donors (Lipinski definition) is 1. The van der Waals surface area contributed by atoms with E-state index in [2.05, 4.69) is 31.5 Å². The summed E-state index contributed by atoms with van der Waals surface area (Å²) in [6, 6.07) is 0. The molecule has 108 valence electrons. The predicted octanol–water partition coefficient (Wildman–Crippen LogP) is 2.30. The van der Waals surface area contributed by atoms with Crippen molar-refractivity contribution >= 4 is 33.7 Å². The van der Waals surface area contributed by atoms with Gasteiger partial charge in [-0.25, -0.2) is 4.98 Å². The average molecular weight is 309 g/mol. The summed E-state index contributed by atoms with van der Waals surface area (Å²) in [5.41, 5.74) is 8.05. The maximum absolute atomic E-state index is 6.07. The topological polar surface area (TPSA) is 58.3 Å². The molecule has 1 saturated heterocycles. The third-order valence-electron chi connectivity index (χ3n) is 3.68. The average Bonchev–Trinajstić information content (AvgIpc) is 3.05. The van der Waals surface area contributed by atoms with Crippen molar-refractivity contribution in [2.45, 2.75) is 13.8 Å². The fourth-order valence-electron chi connectivity index (χ4n) is 2.50. The van der Waals surface area contributed by atoms with E-state index in [1.54, 1.807) is 11.3 Å². The molecule has 3 heterocycles. The normalized spacial score (nSPS) is 16.8. The second kappa shape index (κ2) is 5.67. The summed E-state index contributed by atoms with van der Waals surface area (Å²) in [6.45, 7) is 9.62. The highest BCUT2D eigenvalue weighted by Gasteiger charge is 2.24. The Hall–Kier alpha value is -1.18. The molecule has 0 atom stereocenters. The van der Waals surface area contributed by atoms with Crippen LogP contribution in [0.15, 0.2) is 5.38 Å². The fourth-order valence-corrected chi connectivity index (χ4v) is 3.97. The molecule has 2 aromatic heterocycles. The molecule has 1 aliphatic rings. The maximum atomic E-state index is 6.07. The van der Waals surface area contributed by atoms with Gasteiger partial charge in [-0.1, -0.05) is 6.92 Å². The minimum absolute atomic E-state index is 0.605. The van der Waals surface area contributed by atoms with Gasteiger partial charge in [-0.15, -0.1) is 11.3 Å². The molecule has 0 aromatic carbocycles. The van der Waals surface area contributed by atoms with E-state index in [1.807, 2.05) is 6.92 Å². The Labute approximate surface area is 127 Å². The van der Waals surface area contributed by atoms with Crippen molar-refractivity contribution in [2.75, 3.05) is 43.4 Å². The first-order chi connectivity index (χ1) is 9.69. The summed E-state index contributed by atoms with van der Waals surface area (Å²) in [5, 5.41) is 4.30. The monoisotopic (exact) mass is 309 g/mol. The van der Waals surface area contributed by atoms with Crippen molar-refractivity contribution in [1.29, 1.82) is 0 Å². The number of likely N-dealkylation sites (N-methyl/N-ethyl adjacent to an activating group) is 1. The molecular formula is C13H19N5S2. The van der Waals surface area contributed by atoms with Crippen LogP contribution in [0, 0.1) is 6.92 Å². The molecular weight excluding hydrogens is 290 g/mol. The van der Waals surface area contributed by atoms with E-state index in [-0.39, 0.29) is 0 Å². The largest absolute Gasteiger partial charge is 0.382 e. The van der Waals surface area contributed by atoms with Crippen LogP contribution in [0.3, 0.4) is 0 Å². The van der Waals surface area contributed by atoms with Crippen molar-refractivity contribution in [1.82, 2.24) is 14.3 Å². The number of anilines is 2. The van der Waals surface area contributed by atoms with E-state index in [9.17, 15) is 0 Å². The second-order valence-electron chi connectivity index (χ2n) is 4.92. The van der Waals surface area contributed by atoms with E-state index in [0.717, 1.165) is 49.0 Å². The standard InChI is InChI=1S/C13H19N5S2/c1-3-17-4-6-18(7-5-17)13-11(12(14)16-20-13)10-8-19-9(2)15-10/h8H,3-7H2,1-2H3,(H2,14,16). The molecule has 2 aromatic rings. The number of nitrogen functional groups attached to an aromatic ring is 1. The van der Waals surface area contributed by atoms with E-state index in [0.29, 0.717) is 5.82 Å². The molecule has 7 heteroatoms. The number of aryl methyl sites for hydroxylation is 1. The summed E-state index contributed by atoms with van der Waals surface area (Å²) in [4.78, 5) is 9.43. The molecule has 2 N–H and O–H groups in total. The van der Waals surface area contributed by atoms with Gasteiger partial charge < -0.3 is 15.5 Å². The molecule has 1 aliphatic heterocycles. The zero-order chi connectivity index (χ0) is 14.1. The highest BCUT2D eigenvalue weighted by Crippen LogP contribution is 2.39. The smallest absolute Gasteiger partial charge is 0.148 e. The zero-order valence-electron chi connectivity index (χ0n) is 11.8. The molecule has 0 spiro atoms. The lowest BCUT2D eigenvalue weighted by Gasteiger charge is -2.34. The van der Waals surface area contributed by atoms with Gasteiger partial charge in [-0.3, -0.25) is 0 Å². The van der Waals surface area contributed by atoms with Crippen molar-refractivity contribution in [3.8, 4) is 11.3 Å². The molecule has 20 heavy (non-hydrogen) atoms. The van der Waals surface area contributed by atoms with Gasteiger partial charge in [-0.05, 0) is 25.0 Å². The van der Waals surface area contributed by atoms with E-state index in [4.69, 9.17) is 5.73 Å². The van der Waals surface area contributed by atoms with Gasteiger partial charge in [0.05, 0.1) is 16.3 Å². The van der Waals surface area contributed by atoms with Crippen LogP contribution in [-0.2, 0) is 0 Å². The van der Waals surface area contributed by atoms with Gasteiger partial charge in [-0.2, -0.15) is 4.37 Å². The summed E-state index contributed by atoms with van der Waals surface area (Å²) in [5.74, 6) is 0.605. The predicted molar refractivity (Wildman–Crippen MR) is 86.7 cm³/mol. The van der Waals surface area contributed by atoms with Crippen LogP contribution < -0.4 is 10.6 Å². The number of piperazine rings is 1. The maximum Gasteiger partial charge on any atom is 0.148 e. The highest BCUT2D eigenvalue weighted by molar-refractivity contribution is 7.11. The quantitative estimate of drug-likeness (QED) is 0.943. The molecule has 5 nitrogen and oxygen atoms in total. The second-order valence-corrected chi connectivity index (χ2v) is 6.74. The minimum atomic E-state index is 0.605. The van der Waals surface area contributed by atoms with Crippen LogP contribution in [0.5, 0.6) is 0 Å². The van der Waals surface area contributed by atoms with Crippen LogP contribution in [0.1, 0.15) is 11.9 Å². The molecule has 3 rings (SSSR count). The molecule has 0 unspecified atom stereocenters. The van der Waals surface area contributed by atoms with Crippen molar-refractivity contribution in [3.05, 3.63) is 10.4 Å². The lowest BCUT2D eigenvalue weighted by molar-refractivity contribution is 0.271. The number of nitrogens with zero attached hydrogens (tertiary/aromatic N) is 4. The van der Waals surface area contributed by atoms with Gasteiger partial charge in [0.15, 0.2) is 0 Å². The van der Waals surface area contributed by atoms with Gasteiger partial charge in [0.1, 0.15) is 10.8 Å². The SMILES string of the molecule is CCN1CCN(c2snc(N)c2-c2csc(C)n2)CC1. The van der Waals surface area contributed by atoms with Crippen LogP contribution in [-0.4, -0.2) is 47.0 Å². The minimum Gasteiger partial charge on any atom is -0.382 e. The molecule has 0 bridgehead atoms. The lowest BCUT2D eigenvalue weighted by atomic mass is 10.2. The summed E-state index contributed by atoms with van der Waals surface area (Å²) in [6.07, 6.45) is 0. The molecule has 0 amide bonds.